The van der Waals surface area contributed by atoms with Crippen molar-refractivity contribution >= 4 is 40.5 Å². The van der Waals surface area contributed by atoms with Crippen molar-refractivity contribution in [1.29, 1.82) is 0 Å². The van der Waals surface area contributed by atoms with Gasteiger partial charge in [0.25, 0.3) is 0 Å². The molecule has 2 aromatic rings. The monoisotopic (exact) mass is 425 g/mol. The number of hydrogen-bond acceptors (Lipinski definition) is 7. The summed E-state index contributed by atoms with van der Waals surface area (Å²) in [5.74, 6) is -1.68. The van der Waals surface area contributed by atoms with E-state index in [1.54, 1.807) is 49.4 Å². The van der Waals surface area contributed by atoms with Crippen LogP contribution >= 0.6 is 11.8 Å². The standard InChI is InChI=1S/C22H19NO6S/c1-2-28-22(27)19-20(26)17(30-21(19)23-15-9-4-3-5-10-15)12-14-8-6-7-11-16(14)29-13-18(24)25/h3-12,26H,2,13H2,1H3,(H,24,25). The van der Waals surface area contributed by atoms with E-state index in [4.69, 9.17) is 14.6 Å². The number of aliphatic imine (C=N–C) groups is 1. The molecule has 0 saturated carbocycles. The topological polar surface area (TPSA) is 105 Å². The van der Waals surface area contributed by atoms with Crippen LogP contribution in [0, 0.1) is 0 Å². The predicted octanol–water partition coefficient (Wildman–Crippen LogP) is 4.34. The molecule has 0 fully saturated rings. The molecular weight excluding hydrogens is 406 g/mol. The highest BCUT2D eigenvalue weighted by molar-refractivity contribution is 8.18. The largest absolute Gasteiger partial charge is 0.506 e. The Hall–Kier alpha value is -3.52. The van der Waals surface area contributed by atoms with Gasteiger partial charge in [-0.1, -0.05) is 48.2 Å². The summed E-state index contributed by atoms with van der Waals surface area (Å²) in [7, 11) is 0. The summed E-state index contributed by atoms with van der Waals surface area (Å²) >= 11 is 1.12. The Morgan fingerprint density at radius 2 is 1.80 bits per heavy atom. The molecule has 1 aliphatic rings. The molecule has 0 amide bonds. The summed E-state index contributed by atoms with van der Waals surface area (Å²) in [5.41, 5.74) is 1.17. The smallest absolute Gasteiger partial charge is 0.344 e. The van der Waals surface area contributed by atoms with Crippen molar-refractivity contribution in [1.82, 2.24) is 0 Å². The van der Waals surface area contributed by atoms with Gasteiger partial charge in [-0.25, -0.2) is 14.6 Å². The third kappa shape index (κ3) is 5.09. The van der Waals surface area contributed by atoms with E-state index in [1.807, 2.05) is 18.2 Å². The van der Waals surface area contributed by atoms with Crippen molar-refractivity contribution in [3.8, 4) is 5.75 Å². The molecule has 154 valence electrons. The van der Waals surface area contributed by atoms with Crippen LogP contribution in [0.4, 0.5) is 5.69 Å². The van der Waals surface area contributed by atoms with Gasteiger partial charge in [0.05, 0.1) is 17.2 Å². The summed E-state index contributed by atoms with van der Waals surface area (Å²) in [6.07, 6.45) is 1.62. The van der Waals surface area contributed by atoms with E-state index in [1.165, 1.54) is 0 Å². The van der Waals surface area contributed by atoms with Gasteiger partial charge in [-0.2, -0.15) is 0 Å². The van der Waals surface area contributed by atoms with Crippen molar-refractivity contribution in [2.24, 2.45) is 4.99 Å². The molecule has 30 heavy (non-hydrogen) atoms. The molecule has 0 atom stereocenters. The molecule has 2 N–H and O–H groups in total. The van der Waals surface area contributed by atoms with Gasteiger partial charge in [-0.3, -0.25) is 0 Å². The zero-order valence-electron chi connectivity index (χ0n) is 16.1. The van der Waals surface area contributed by atoms with Crippen molar-refractivity contribution in [2.45, 2.75) is 6.92 Å². The van der Waals surface area contributed by atoms with E-state index in [9.17, 15) is 14.7 Å². The van der Waals surface area contributed by atoms with Crippen molar-refractivity contribution in [2.75, 3.05) is 13.2 Å². The van der Waals surface area contributed by atoms with Gasteiger partial charge < -0.3 is 19.7 Å². The van der Waals surface area contributed by atoms with E-state index >= 15 is 0 Å². The molecule has 8 heteroatoms. The van der Waals surface area contributed by atoms with Crippen LogP contribution < -0.4 is 4.74 Å². The van der Waals surface area contributed by atoms with Crippen LogP contribution in [0.3, 0.4) is 0 Å². The number of aliphatic hydroxyl groups excluding tert-OH is 1. The van der Waals surface area contributed by atoms with Gasteiger partial charge >= 0.3 is 11.9 Å². The number of ether oxygens (including phenoxy) is 2. The lowest BCUT2D eigenvalue weighted by Gasteiger charge is -2.07. The second-order valence-electron chi connectivity index (χ2n) is 6.03. The van der Waals surface area contributed by atoms with Crippen LogP contribution in [0.1, 0.15) is 12.5 Å². The summed E-state index contributed by atoms with van der Waals surface area (Å²) in [5, 5.41) is 19.9. The zero-order chi connectivity index (χ0) is 21.5. The fraction of sp³-hybridized carbons (Fsp3) is 0.136. The summed E-state index contributed by atoms with van der Waals surface area (Å²) in [6.45, 7) is 1.34. The Balaban J connectivity index is 2.01. The summed E-state index contributed by atoms with van der Waals surface area (Å²) < 4.78 is 10.4. The molecule has 0 radical (unpaired) electrons. The van der Waals surface area contributed by atoms with Gasteiger partial charge in [0.2, 0.25) is 0 Å². The number of aliphatic carboxylic acids is 1. The number of benzene rings is 2. The number of hydrogen-bond donors (Lipinski definition) is 2. The number of carboxylic acid groups (broad SMARTS) is 1. The highest BCUT2D eigenvalue weighted by atomic mass is 32.2. The molecule has 0 aromatic heterocycles. The Kier molecular flexibility index (Phi) is 6.92. The van der Waals surface area contributed by atoms with Gasteiger partial charge in [-0.05, 0) is 31.2 Å². The molecule has 0 bridgehead atoms. The zero-order valence-corrected chi connectivity index (χ0v) is 16.9. The van der Waals surface area contributed by atoms with E-state index in [2.05, 4.69) is 4.99 Å². The highest BCUT2D eigenvalue weighted by Gasteiger charge is 2.33. The summed E-state index contributed by atoms with van der Waals surface area (Å²) in [6, 6.07) is 15.9. The minimum atomic E-state index is -1.10. The molecular formula is C22H19NO6S. The number of thioether (sulfide) groups is 1. The third-order valence-electron chi connectivity index (χ3n) is 3.91. The second kappa shape index (κ2) is 9.80. The van der Waals surface area contributed by atoms with E-state index < -0.39 is 18.5 Å². The van der Waals surface area contributed by atoms with E-state index in [-0.39, 0.29) is 17.9 Å². The lowest BCUT2D eigenvalue weighted by molar-refractivity contribution is -0.139. The number of nitrogens with zero attached hydrogens (tertiary/aromatic N) is 1. The molecule has 2 aromatic carbocycles. The Morgan fingerprint density at radius 3 is 2.50 bits per heavy atom. The Labute approximate surface area is 177 Å². The maximum atomic E-state index is 12.4. The third-order valence-corrected chi connectivity index (χ3v) is 4.93. The van der Waals surface area contributed by atoms with Crippen LogP contribution in [0.25, 0.3) is 6.08 Å². The molecule has 1 heterocycles. The first-order valence-corrected chi connectivity index (χ1v) is 9.89. The first kappa shape index (κ1) is 21.2. The number of carboxylic acids is 1. The molecule has 0 unspecified atom stereocenters. The lowest BCUT2D eigenvalue weighted by Crippen LogP contribution is -2.12. The fourth-order valence-corrected chi connectivity index (χ4v) is 3.65. The SMILES string of the molecule is CCOC(=O)C1=C(O)C(=Cc2ccccc2OCC(=O)O)SC1=Nc1ccccc1. The molecule has 0 spiro atoms. The van der Waals surface area contributed by atoms with Crippen LogP contribution in [0.2, 0.25) is 0 Å². The first-order valence-electron chi connectivity index (χ1n) is 9.07. The van der Waals surface area contributed by atoms with Gasteiger partial charge in [0.1, 0.15) is 22.1 Å². The van der Waals surface area contributed by atoms with Crippen molar-refractivity contribution in [3.63, 3.8) is 0 Å². The van der Waals surface area contributed by atoms with Crippen molar-refractivity contribution < 1.29 is 29.3 Å². The number of rotatable bonds is 7. The number of carbonyl (C=O) groups excluding carboxylic acids is 1. The maximum absolute atomic E-state index is 12.4. The second-order valence-corrected chi connectivity index (χ2v) is 7.06. The number of para-hydroxylation sites is 2. The van der Waals surface area contributed by atoms with Gasteiger partial charge in [0, 0.05) is 5.56 Å². The molecule has 0 saturated heterocycles. The minimum absolute atomic E-state index is 0.0131. The van der Waals surface area contributed by atoms with Crippen LogP contribution in [0.5, 0.6) is 5.75 Å². The fourth-order valence-electron chi connectivity index (χ4n) is 2.62. The Morgan fingerprint density at radius 1 is 1.10 bits per heavy atom. The molecule has 7 nitrogen and oxygen atoms in total. The molecule has 3 rings (SSSR count). The maximum Gasteiger partial charge on any atom is 0.344 e. The molecule has 0 aliphatic carbocycles. The normalized spacial score (nSPS) is 16.2. The number of carbonyl (C=O) groups is 2. The predicted molar refractivity (Wildman–Crippen MR) is 115 cm³/mol. The Bertz CT molecular complexity index is 1040. The number of aliphatic hydroxyl groups is 1. The van der Waals surface area contributed by atoms with Gasteiger partial charge in [-0.15, -0.1) is 0 Å². The van der Waals surface area contributed by atoms with Crippen molar-refractivity contribution in [3.05, 3.63) is 76.4 Å². The average molecular weight is 425 g/mol. The number of esters is 1. The lowest BCUT2D eigenvalue weighted by atomic mass is 10.1. The molecule has 1 aliphatic heterocycles. The van der Waals surface area contributed by atoms with Gasteiger partial charge in [0.15, 0.2) is 6.61 Å². The van der Waals surface area contributed by atoms with Crippen LogP contribution in [-0.2, 0) is 14.3 Å². The highest BCUT2D eigenvalue weighted by Crippen LogP contribution is 2.41. The average Bonchev–Trinajstić information content (AvgIpc) is 3.03. The van der Waals surface area contributed by atoms with E-state index in [0.29, 0.717) is 26.9 Å². The van der Waals surface area contributed by atoms with Crippen LogP contribution in [0.15, 0.2) is 75.8 Å². The minimum Gasteiger partial charge on any atom is -0.506 e. The quantitative estimate of drug-likeness (QED) is 0.636. The van der Waals surface area contributed by atoms with Crippen LogP contribution in [-0.4, -0.2) is 40.4 Å². The first-order chi connectivity index (χ1) is 14.5. The van der Waals surface area contributed by atoms with E-state index in [0.717, 1.165) is 11.8 Å². The summed E-state index contributed by atoms with van der Waals surface area (Å²) in [4.78, 5) is 28.1.